The van der Waals surface area contributed by atoms with Crippen molar-refractivity contribution < 1.29 is 9.32 Å². The molecule has 1 aromatic heterocycles. The van der Waals surface area contributed by atoms with Gasteiger partial charge in [-0.1, -0.05) is 59.8 Å². The average Bonchev–Trinajstić information content (AvgIpc) is 3.11. The highest BCUT2D eigenvalue weighted by atomic mass is 16.5. The van der Waals surface area contributed by atoms with Gasteiger partial charge in [0.25, 0.3) is 0 Å². The molecule has 0 fully saturated rings. The van der Waals surface area contributed by atoms with Gasteiger partial charge in [0.1, 0.15) is 0 Å². The molecule has 4 heteroatoms. The van der Waals surface area contributed by atoms with Crippen molar-refractivity contribution in [3.8, 4) is 11.3 Å². The predicted octanol–water partition coefficient (Wildman–Crippen LogP) is 4.20. The molecule has 132 valence electrons. The Morgan fingerprint density at radius 3 is 2.65 bits per heavy atom. The Labute approximate surface area is 153 Å². The van der Waals surface area contributed by atoms with Crippen molar-refractivity contribution >= 4 is 5.91 Å². The van der Waals surface area contributed by atoms with E-state index < -0.39 is 0 Å². The molecular formula is C22H22N2O2. The summed E-state index contributed by atoms with van der Waals surface area (Å²) in [7, 11) is 0. The third-order valence-corrected chi connectivity index (χ3v) is 5.21. The first kappa shape index (κ1) is 16.6. The van der Waals surface area contributed by atoms with E-state index in [1.807, 2.05) is 47.4 Å². The third kappa shape index (κ3) is 2.92. The van der Waals surface area contributed by atoms with E-state index in [9.17, 15) is 4.79 Å². The van der Waals surface area contributed by atoms with Crippen molar-refractivity contribution in [3.05, 3.63) is 77.5 Å². The van der Waals surface area contributed by atoms with Gasteiger partial charge < -0.3 is 9.42 Å². The molecule has 0 radical (unpaired) electrons. The van der Waals surface area contributed by atoms with E-state index in [1.165, 1.54) is 11.1 Å². The molecular weight excluding hydrogens is 324 g/mol. The fourth-order valence-corrected chi connectivity index (χ4v) is 3.81. The van der Waals surface area contributed by atoms with E-state index in [-0.39, 0.29) is 17.9 Å². The van der Waals surface area contributed by atoms with E-state index in [4.69, 9.17) is 4.52 Å². The van der Waals surface area contributed by atoms with Gasteiger partial charge in [0.2, 0.25) is 5.91 Å². The second-order valence-electron chi connectivity index (χ2n) is 7.24. The van der Waals surface area contributed by atoms with E-state index in [1.54, 1.807) is 0 Å². The van der Waals surface area contributed by atoms with Crippen molar-refractivity contribution in [1.29, 1.82) is 0 Å². The Hall–Kier alpha value is -2.88. The number of amides is 1. The molecule has 0 N–H and O–H groups in total. The number of rotatable bonds is 3. The number of hydrogen-bond donors (Lipinski definition) is 0. The zero-order valence-electron chi connectivity index (χ0n) is 15.1. The molecule has 0 saturated carbocycles. The zero-order valence-corrected chi connectivity index (χ0v) is 15.1. The summed E-state index contributed by atoms with van der Waals surface area (Å²) < 4.78 is 5.43. The molecule has 0 unspecified atom stereocenters. The minimum atomic E-state index is -0.322. The molecule has 1 aliphatic heterocycles. The van der Waals surface area contributed by atoms with Crippen molar-refractivity contribution in [1.82, 2.24) is 10.1 Å². The van der Waals surface area contributed by atoms with E-state index in [0.29, 0.717) is 11.5 Å². The molecule has 1 amide bonds. The quantitative estimate of drug-likeness (QED) is 0.714. The lowest BCUT2D eigenvalue weighted by atomic mass is 9.83. The van der Waals surface area contributed by atoms with Crippen LogP contribution in [0.4, 0.5) is 0 Å². The monoisotopic (exact) mass is 346 g/mol. The van der Waals surface area contributed by atoms with Crippen LogP contribution in [0, 0.1) is 0 Å². The maximum Gasteiger partial charge on any atom is 0.229 e. The first-order valence-corrected chi connectivity index (χ1v) is 8.95. The first-order valence-electron chi connectivity index (χ1n) is 8.95. The highest BCUT2D eigenvalue weighted by Crippen LogP contribution is 2.35. The summed E-state index contributed by atoms with van der Waals surface area (Å²) in [6.45, 7) is 4.95. The van der Waals surface area contributed by atoms with Crippen LogP contribution in [0.1, 0.15) is 30.7 Å². The summed E-state index contributed by atoms with van der Waals surface area (Å²) in [5.41, 5.74) is 3.87. The molecule has 0 aliphatic carbocycles. The van der Waals surface area contributed by atoms with E-state index >= 15 is 0 Å². The number of carbonyl (C=O) groups is 1. The molecule has 0 bridgehead atoms. The van der Waals surface area contributed by atoms with Crippen LogP contribution in [0.2, 0.25) is 0 Å². The van der Waals surface area contributed by atoms with Crippen molar-refractivity contribution in [2.24, 2.45) is 0 Å². The second-order valence-corrected chi connectivity index (χ2v) is 7.24. The van der Waals surface area contributed by atoms with Crippen LogP contribution in [-0.4, -0.2) is 22.5 Å². The topological polar surface area (TPSA) is 46.3 Å². The number of carbonyl (C=O) groups excluding carboxylic acids is 1. The van der Waals surface area contributed by atoms with Crippen LogP contribution < -0.4 is 0 Å². The van der Waals surface area contributed by atoms with Gasteiger partial charge in [-0.25, -0.2) is 0 Å². The van der Waals surface area contributed by atoms with Gasteiger partial charge in [-0.15, -0.1) is 0 Å². The summed E-state index contributed by atoms with van der Waals surface area (Å²) in [4.78, 5) is 14.9. The van der Waals surface area contributed by atoms with Gasteiger partial charge in [0.05, 0.1) is 17.7 Å². The number of aromatic nitrogens is 1. The minimum Gasteiger partial charge on any atom is -0.356 e. The van der Waals surface area contributed by atoms with Crippen LogP contribution in [0.5, 0.6) is 0 Å². The molecule has 0 spiro atoms. The maximum atomic E-state index is 13.0. The minimum absolute atomic E-state index is 0.0809. The molecule has 2 aromatic carbocycles. The van der Waals surface area contributed by atoms with Gasteiger partial charge in [-0.3, -0.25) is 4.79 Å². The fraction of sp³-hybridized carbons (Fsp3) is 0.273. The van der Waals surface area contributed by atoms with E-state index in [0.717, 1.165) is 18.5 Å². The molecule has 26 heavy (non-hydrogen) atoms. The number of fused-ring (bicyclic) bond motifs is 1. The maximum absolute atomic E-state index is 13.0. The highest BCUT2D eigenvalue weighted by molar-refractivity contribution is 5.80. The largest absolute Gasteiger partial charge is 0.356 e. The van der Waals surface area contributed by atoms with Crippen LogP contribution in [-0.2, 0) is 23.2 Å². The van der Waals surface area contributed by atoms with Crippen LogP contribution >= 0.6 is 0 Å². The molecule has 3 aromatic rings. The van der Waals surface area contributed by atoms with Gasteiger partial charge in [0, 0.05) is 18.2 Å². The van der Waals surface area contributed by atoms with Crippen molar-refractivity contribution in [3.63, 3.8) is 0 Å². The Kier molecular flexibility index (Phi) is 4.11. The van der Waals surface area contributed by atoms with Gasteiger partial charge in [0.15, 0.2) is 5.76 Å². The fourth-order valence-electron chi connectivity index (χ4n) is 3.81. The van der Waals surface area contributed by atoms with E-state index in [2.05, 4.69) is 37.2 Å². The lowest BCUT2D eigenvalue weighted by molar-refractivity contribution is -0.136. The number of nitrogens with zero attached hydrogens (tertiary/aromatic N) is 2. The summed E-state index contributed by atoms with van der Waals surface area (Å²) >= 11 is 0. The molecule has 0 atom stereocenters. The summed E-state index contributed by atoms with van der Waals surface area (Å²) in [5.74, 6) is 0.772. The third-order valence-electron chi connectivity index (χ3n) is 5.21. The predicted molar refractivity (Wildman–Crippen MR) is 101 cm³/mol. The summed E-state index contributed by atoms with van der Waals surface area (Å²) in [6.07, 6.45) is 1.14. The lowest BCUT2D eigenvalue weighted by Gasteiger charge is -2.44. The standard InChI is InChI=1S/C22H22N2O2/c1-22(2)19-11-7-6-8-16(19)12-13-24(22)21(25)15-18-14-20(26-23-18)17-9-4-3-5-10-17/h3-11,14H,12-13,15H2,1-2H3. The van der Waals surface area contributed by atoms with Crippen LogP contribution in [0.15, 0.2) is 65.2 Å². The van der Waals surface area contributed by atoms with Crippen molar-refractivity contribution in [2.75, 3.05) is 6.54 Å². The summed E-state index contributed by atoms with van der Waals surface area (Å²) in [5, 5.41) is 4.10. The normalized spacial score (nSPS) is 15.5. The summed E-state index contributed by atoms with van der Waals surface area (Å²) in [6, 6.07) is 20.0. The highest BCUT2D eigenvalue weighted by Gasteiger charge is 2.37. The van der Waals surface area contributed by atoms with Gasteiger partial charge in [-0.05, 0) is 31.4 Å². The van der Waals surface area contributed by atoms with Crippen molar-refractivity contribution in [2.45, 2.75) is 32.2 Å². The molecule has 4 nitrogen and oxygen atoms in total. The number of hydrogen-bond acceptors (Lipinski definition) is 3. The molecule has 2 heterocycles. The zero-order chi connectivity index (χ0) is 18.1. The molecule has 4 rings (SSSR count). The Bertz CT molecular complexity index is 928. The number of benzene rings is 2. The smallest absolute Gasteiger partial charge is 0.229 e. The van der Waals surface area contributed by atoms with Gasteiger partial charge in [-0.2, -0.15) is 0 Å². The van der Waals surface area contributed by atoms with Crippen LogP contribution in [0.3, 0.4) is 0 Å². The molecule has 1 aliphatic rings. The SMILES string of the molecule is CC1(C)c2ccccc2CCN1C(=O)Cc1cc(-c2ccccc2)on1. The Balaban J connectivity index is 1.53. The Morgan fingerprint density at radius 2 is 1.85 bits per heavy atom. The molecule has 0 saturated heterocycles. The first-order chi connectivity index (χ1) is 12.6. The Morgan fingerprint density at radius 1 is 1.12 bits per heavy atom. The lowest BCUT2D eigenvalue weighted by Crippen LogP contribution is -2.50. The average molecular weight is 346 g/mol. The van der Waals surface area contributed by atoms with Crippen LogP contribution in [0.25, 0.3) is 11.3 Å². The van der Waals surface area contributed by atoms with Gasteiger partial charge >= 0.3 is 0 Å². The second kappa shape index (κ2) is 6.45.